The van der Waals surface area contributed by atoms with Crippen molar-refractivity contribution in [2.24, 2.45) is 0 Å². The number of carbonyl (C=O) groups excluding carboxylic acids is 1. The number of fused-ring (bicyclic) bond motifs is 1. The number of aromatic nitrogens is 6. The lowest BCUT2D eigenvalue weighted by atomic mass is 10.0. The molecule has 0 atom stereocenters. The van der Waals surface area contributed by atoms with E-state index in [4.69, 9.17) is 4.42 Å². The molecule has 1 fully saturated rings. The summed E-state index contributed by atoms with van der Waals surface area (Å²) < 4.78 is 6.67. The van der Waals surface area contributed by atoms with Gasteiger partial charge in [-0.2, -0.15) is 0 Å². The molecular formula is C26H23N7O4. The van der Waals surface area contributed by atoms with Crippen LogP contribution < -0.4 is 16.3 Å². The van der Waals surface area contributed by atoms with Crippen LogP contribution in [0.1, 0.15) is 40.5 Å². The van der Waals surface area contributed by atoms with Crippen LogP contribution >= 0.6 is 0 Å². The predicted molar refractivity (Wildman–Crippen MR) is 136 cm³/mol. The summed E-state index contributed by atoms with van der Waals surface area (Å²) in [5.74, 6) is 0.342. The maximum absolute atomic E-state index is 13.2. The zero-order valence-electron chi connectivity index (χ0n) is 20.0. The lowest BCUT2D eigenvalue weighted by molar-refractivity contribution is 0.103. The lowest BCUT2D eigenvalue weighted by Crippen LogP contribution is -2.38. The van der Waals surface area contributed by atoms with E-state index in [1.807, 2.05) is 30.3 Å². The topological polar surface area (TPSA) is 143 Å². The smallest absolute Gasteiger partial charge is 0.408 e. The molecule has 11 heteroatoms. The molecule has 0 unspecified atom stereocenters. The van der Waals surface area contributed by atoms with Crippen LogP contribution in [0.5, 0.6) is 0 Å². The van der Waals surface area contributed by atoms with Gasteiger partial charge in [-0.3, -0.25) is 14.8 Å². The number of ketones is 1. The van der Waals surface area contributed by atoms with E-state index in [-0.39, 0.29) is 23.2 Å². The average molecular weight is 498 g/mol. The molecule has 11 nitrogen and oxygen atoms in total. The molecule has 2 aromatic carbocycles. The van der Waals surface area contributed by atoms with E-state index in [1.54, 1.807) is 25.1 Å². The molecule has 1 aliphatic heterocycles. The van der Waals surface area contributed by atoms with E-state index in [9.17, 15) is 14.4 Å². The van der Waals surface area contributed by atoms with Crippen LogP contribution in [0, 0.1) is 6.92 Å². The summed E-state index contributed by atoms with van der Waals surface area (Å²) in [4.78, 5) is 53.4. The van der Waals surface area contributed by atoms with Crippen LogP contribution in [-0.4, -0.2) is 48.6 Å². The number of anilines is 1. The fourth-order valence-corrected chi connectivity index (χ4v) is 4.80. The van der Waals surface area contributed by atoms with E-state index in [0.29, 0.717) is 54.2 Å². The molecular weight excluding hydrogens is 474 g/mol. The van der Waals surface area contributed by atoms with Crippen molar-refractivity contribution in [1.82, 2.24) is 29.7 Å². The third-order valence-electron chi connectivity index (χ3n) is 6.70. The molecule has 186 valence electrons. The van der Waals surface area contributed by atoms with Crippen LogP contribution in [-0.2, 0) is 0 Å². The standard InChI is InChI=1S/C26H23N7O4/c1-15-11-17(12-20-22(15)29-26(36)37-20)23(34)19-13-21(28-14-27-19)32-9-7-18(8-10-32)33-25(35)30-24(31-33)16-5-3-2-4-6-16/h2-6,11-14,18H,7-10H2,1H3,(H,29,36)(H,30,31,35). The van der Waals surface area contributed by atoms with E-state index in [2.05, 4.69) is 29.9 Å². The fraction of sp³-hybridized carbons (Fsp3) is 0.231. The van der Waals surface area contributed by atoms with Crippen LogP contribution in [0.25, 0.3) is 22.5 Å². The summed E-state index contributed by atoms with van der Waals surface area (Å²) in [6.07, 6.45) is 2.78. The summed E-state index contributed by atoms with van der Waals surface area (Å²) >= 11 is 0. The normalized spacial score (nSPS) is 14.4. The van der Waals surface area contributed by atoms with Gasteiger partial charge in [0.05, 0.1) is 11.6 Å². The van der Waals surface area contributed by atoms with Gasteiger partial charge in [-0.1, -0.05) is 30.3 Å². The van der Waals surface area contributed by atoms with Gasteiger partial charge in [-0.05, 0) is 37.5 Å². The first-order valence-corrected chi connectivity index (χ1v) is 12.0. The van der Waals surface area contributed by atoms with Gasteiger partial charge < -0.3 is 9.32 Å². The van der Waals surface area contributed by atoms with Crippen LogP contribution in [0.2, 0.25) is 0 Å². The first-order chi connectivity index (χ1) is 18.0. The minimum absolute atomic E-state index is 0.0360. The van der Waals surface area contributed by atoms with Gasteiger partial charge in [0.25, 0.3) is 0 Å². The van der Waals surface area contributed by atoms with Crippen molar-refractivity contribution in [3.05, 3.63) is 92.7 Å². The number of nitrogens with zero attached hydrogens (tertiary/aromatic N) is 5. The Labute approximate surface area is 209 Å². The Morgan fingerprint density at radius 2 is 1.81 bits per heavy atom. The number of benzene rings is 2. The Kier molecular flexibility index (Phi) is 5.52. The highest BCUT2D eigenvalue weighted by Gasteiger charge is 2.25. The third-order valence-corrected chi connectivity index (χ3v) is 6.70. The van der Waals surface area contributed by atoms with Crippen molar-refractivity contribution in [1.29, 1.82) is 0 Å². The van der Waals surface area contributed by atoms with Gasteiger partial charge in [-0.15, -0.1) is 5.10 Å². The molecule has 4 heterocycles. The molecule has 1 saturated heterocycles. The highest BCUT2D eigenvalue weighted by Crippen LogP contribution is 2.26. The summed E-state index contributed by atoms with van der Waals surface area (Å²) in [7, 11) is 0. The second-order valence-corrected chi connectivity index (χ2v) is 9.08. The van der Waals surface area contributed by atoms with E-state index < -0.39 is 5.76 Å². The minimum atomic E-state index is -0.566. The molecule has 0 spiro atoms. The molecule has 2 N–H and O–H groups in total. The Morgan fingerprint density at radius 3 is 2.59 bits per heavy atom. The van der Waals surface area contributed by atoms with Crippen molar-refractivity contribution in [3.8, 4) is 11.4 Å². The second kappa shape index (κ2) is 9.01. The van der Waals surface area contributed by atoms with Crippen molar-refractivity contribution in [2.75, 3.05) is 18.0 Å². The summed E-state index contributed by atoms with van der Waals surface area (Å²) in [6.45, 7) is 3.09. The highest BCUT2D eigenvalue weighted by molar-refractivity contribution is 6.09. The predicted octanol–water partition coefficient (Wildman–Crippen LogP) is 2.84. The van der Waals surface area contributed by atoms with Crippen molar-refractivity contribution in [3.63, 3.8) is 0 Å². The van der Waals surface area contributed by atoms with Crippen molar-refractivity contribution in [2.45, 2.75) is 25.8 Å². The SMILES string of the molecule is Cc1cc(C(=O)c2cc(N3CCC(n4nc(-c5ccccc5)[nH]c4=O)CC3)ncn2)cc2oc(=O)[nH]c12. The molecule has 0 bridgehead atoms. The van der Waals surface area contributed by atoms with Crippen molar-refractivity contribution < 1.29 is 9.21 Å². The second-order valence-electron chi connectivity index (χ2n) is 9.08. The average Bonchev–Trinajstić information content (AvgIpc) is 3.51. The first kappa shape index (κ1) is 22.7. The Morgan fingerprint density at radius 1 is 1.03 bits per heavy atom. The molecule has 5 aromatic rings. The summed E-state index contributed by atoms with van der Waals surface area (Å²) in [5, 5.41) is 4.53. The minimum Gasteiger partial charge on any atom is -0.408 e. The molecule has 0 amide bonds. The van der Waals surface area contributed by atoms with E-state index >= 15 is 0 Å². The fourth-order valence-electron chi connectivity index (χ4n) is 4.80. The number of rotatable bonds is 5. The van der Waals surface area contributed by atoms with Gasteiger partial charge in [0.2, 0.25) is 5.78 Å². The maximum atomic E-state index is 13.2. The number of aryl methyl sites for hydroxylation is 1. The molecule has 0 radical (unpaired) electrons. The number of piperidine rings is 1. The highest BCUT2D eigenvalue weighted by atomic mass is 16.4. The maximum Gasteiger partial charge on any atom is 0.417 e. The summed E-state index contributed by atoms with van der Waals surface area (Å²) in [5.41, 5.74) is 2.89. The molecule has 0 saturated carbocycles. The number of hydrogen-bond acceptors (Lipinski definition) is 8. The largest absolute Gasteiger partial charge is 0.417 e. The summed E-state index contributed by atoms with van der Waals surface area (Å²) in [6, 6.07) is 14.4. The Hall–Kier alpha value is -4.80. The van der Waals surface area contributed by atoms with Gasteiger partial charge in [0.15, 0.2) is 11.4 Å². The molecule has 0 aliphatic carbocycles. The van der Waals surface area contributed by atoms with Gasteiger partial charge >= 0.3 is 11.4 Å². The lowest BCUT2D eigenvalue weighted by Gasteiger charge is -2.32. The van der Waals surface area contributed by atoms with Crippen LogP contribution in [0.3, 0.4) is 0 Å². The molecule has 1 aliphatic rings. The number of carbonyl (C=O) groups is 1. The molecule has 3 aromatic heterocycles. The van der Waals surface area contributed by atoms with Gasteiger partial charge in [0.1, 0.15) is 17.8 Å². The number of H-pyrrole nitrogens is 2. The molecule has 37 heavy (non-hydrogen) atoms. The van der Waals surface area contributed by atoms with Gasteiger partial charge in [-0.25, -0.2) is 24.2 Å². The number of aromatic amines is 2. The Bertz CT molecular complexity index is 1720. The zero-order chi connectivity index (χ0) is 25.5. The Balaban J connectivity index is 1.18. The third kappa shape index (κ3) is 4.24. The first-order valence-electron chi connectivity index (χ1n) is 12.0. The number of nitrogens with one attached hydrogen (secondary N) is 2. The zero-order valence-corrected chi connectivity index (χ0v) is 20.0. The number of hydrogen-bond donors (Lipinski definition) is 2. The molecule has 6 rings (SSSR count). The van der Waals surface area contributed by atoms with Crippen LogP contribution in [0.15, 0.2) is 68.9 Å². The van der Waals surface area contributed by atoms with E-state index in [0.717, 1.165) is 11.1 Å². The monoisotopic (exact) mass is 497 g/mol. The van der Waals surface area contributed by atoms with Gasteiger partial charge in [0, 0.05) is 30.3 Å². The van der Waals surface area contributed by atoms with E-state index in [1.165, 1.54) is 11.0 Å². The van der Waals surface area contributed by atoms with Crippen molar-refractivity contribution >= 4 is 22.7 Å². The number of oxazole rings is 1. The van der Waals surface area contributed by atoms with Crippen LogP contribution in [0.4, 0.5) is 5.82 Å². The quantitative estimate of drug-likeness (QED) is 0.353.